The molecule has 0 saturated heterocycles. The predicted molar refractivity (Wildman–Crippen MR) is 70.6 cm³/mol. The Morgan fingerprint density at radius 1 is 1.00 bits per heavy atom. The molecule has 0 aromatic heterocycles. The van der Waals surface area contributed by atoms with E-state index in [1.807, 2.05) is 37.3 Å². The molecular formula is C16H16F2O. The molecule has 0 aliphatic carbocycles. The van der Waals surface area contributed by atoms with E-state index in [0.717, 1.165) is 11.6 Å². The quantitative estimate of drug-likeness (QED) is 0.886. The number of benzene rings is 2. The molecule has 0 heterocycles. The molecular weight excluding hydrogens is 246 g/mol. The van der Waals surface area contributed by atoms with E-state index in [0.29, 0.717) is 12.0 Å². The zero-order valence-corrected chi connectivity index (χ0v) is 10.7. The Bertz CT molecular complexity index is 540. The van der Waals surface area contributed by atoms with E-state index >= 15 is 0 Å². The zero-order valence-electron chi connectivity index (χ0n) is 10.7. The Morgan fingerprint density at radius 2 is 1.68 bits per heavy atom. The summed E-state index contributed by atoms with van der Waals surface area (Å²) in [6.07, 6.45) is -0.400. The van der Waals surface area contributed by atoms with Crippen LogP contribution in [0.25, 0.3) is 0 Å². The molecule has 3 heteroatoms. The van der Waals surface area contributed by atoms with Crippen molar-refractivity contribution in [2.45, 2.75) is 19.4 Å². The Kier molecular flexibility index (Phi) is 4.27. The van der Waals surface area contributed by atoms with Crippen molar-refractivity contribution in [3.05, 3.63) is 71.3 Å². The molecule has 2 rings (SSSR count). The lowest BCUT2D eigenvalue weighted by molar-refractivity contribution is 0.117. The second kappa shape index (κ2) is 5.93. The van der Waals surface area contributed by atoms with Crippen molar-refractivity contribution in [2.24, 2.45) is 5.92 Å². The molecule has 2 aromatic rings. The lowest BCUT2D eigenvalue weighted by Gasteiger charge is -2.19. The number of aliphatic hydroxyl groups excluding tert-OH is 1. The van der Waals surface area contributed by atoms with E-state index in [2.05, 4.69) is 0 Å². The van der Waals surface area contributed by atoms with Crippen molar-refractivity contribution in [1.82, 2.24) is 0 Å². The smallest absolute Gasteiger partial charge is 0.162 e. The molecule has 1 nitrogen and oxygen atoms in total. The van der Waals surface area contributed by atoms with Crippen LogP contribution in [0.3, 0.4) is 0 Å². The maximum atomic E-state index is 13.6. The van der Waals surface area contributed by atoms with Gasteiger partial charge in [-0.3, -0.25) is 0 Å². The van der Waals surface area contributed by atoms with Gasteiger partial charge < -0.3 is 5.11 Å². The van der Waals surface area contributed by atoms with Gasteiger partial charge in [0.25, 0.3) is 0 Å². The third-order valence-electron chi connectivity index (χ3n) is 3.25. The molecule has 0 bridgehead atoms. The van der Waals surface area contributed by atoms with E-state index in [4.69, 9.17) is 0 Å². The number of hydrogen-bond donors (Lipinski definition) is 1. The first-order valence-corrected chi connectivity index (χ1v) is 6.25. The summed E-state index contributed by atoms with van der Waals surface area (Å²) in [5.74, 6) is -1.87. The molecule has 2 atom stereocenters. The average molecular weight is 262 g/mol. The van der Waals surface area contributed by atoms with Crippen LogP contribution in [0.2, 0.25) is 0 Å². The van der Waals surface area contributed by atoms with Gasteiger partial charge in [0, 0.05) is 0 Å². The second-order valence-electron chi connectivity index (χ2n) is 4.75. The summed E-state index contributed by atoms with van der Waals surface area (Å²) in [5, 5.41) is 10.2. The third-order valence-corrected chi connectivity index (χ3v) is 3.25. The first kappa shape index (κ1) is 13.7. The summed E-state index contributed by atoms with van der Waals surface area (Å²) in [5.41, 5.74) is 1.08. The SMILES string of the molecule is CC(Cc1cccc(F)c1F)C(O)c1ccccc1. The largest absolute Gasteiger partial charge is 0.388 e. The van der Waals surface area contributed by atoms with Crippen molar-refractivity contribution in [3.8, 4) is 0 Å². The van der Waals surface area contributed by atoms with Gasteiger partial charge in [-0.05, 0) is 29.5 Å². The fourth-order valence-corrected chi connectivity index (χ4v) is 2.14. The highest BCUT2D eigenvalue weighted by atomic mass is 19.2. The number of aliphatic hydroxyl groups is 1. The first-order chi connectivity index (χ1) is 9.09. The fourth-order valence-electron chi connectivity index (χ4n) is 2.14. The van der Waals surface area contributed by atoms with E-state index in [-0.39, 0.29) is 5.92 Å². The summed E-state index contributed by atoms with van der Waals surface area (Å²) in [4.78, 5) is 0. The van der Waals surface area contributed by atoms with E-state index in [1.165, 1.54) is 6.07 Å². The van der Waals surface area contributed by atoms with Gasteiger partial charge in [-0.15, -0.1) is 0 Å². The molecule has 0 fully saturated rings. The number of halogens is 2. The highest BCUT2D eigenvalue weighted by molar-refractivity contribution is 5.22. The van der Waals surface area contributed by atoms with Crippen molar-refractivity contribution < 1.29 is 13.9 Å². The van der Waals surface area contributed by atoms with Gasteiger partial charge in [0.15, 0.2) is 11.6 Å². The predicted octanol–water partition coefficient (Wildman–Crippen LogP) is 3.88. The maximum Gasteiger partial charge on any atom is 0.162 e. The van der Waals surface area contributed by atoms with Gasteiger partial charge in [0.2, 0.25) is 0 Å². The van der Waals surface area contributed by atoms with Crippen molar-refractivity contribution >= 4 is 0 Å². The van der Waals surface area contributed by atoms with Crippen LogP contribution in [0, 0.1) is 17.6 Å². The standard InChI is InChI=1S/C16H16F2O/c1-11(16(19)12-6-3-2-4-7-12)10-13-8-5-9-14(17)15(13)18/h2-9,11,16,19H,10H2,1H3. The third kappa shape index (κ3) is 3.18. The summed E-state index contributed by atoms with van der Waals surface area (Å²) < 4.78 is 26.7. The molecule has 1 N–H and O–H groups in total. The minimum absolute atomic E-state index is 0.196. The van der Waals surface area contributed by atoms with Crippen molar-refractivity contribution in [2.75, 3.05) is 0 Å². The highest BCUT2D eigenvalue weighted by Gasteiger charge is 2.19. The second-order valence-corrected chi connectivity index (χ2v) is 4.75. The number of rotatable bonds is 4. The Labute approximate surface area is 111 Å². The zero-order chi connectivity index (χ0) is 13.8. The Hall–Kier alpha value is -1.74. The molecule has 19 heavy (non-hydrogen) atoms. The molecule has 0 aliphatic rings. The van der Waals surface area contributed by atoms with Crippen LogP contribution in [0.4, 0.5) is 8.78 Å². The Balaban J connectivity index is 2.13. The number of hydrogen-bond acceptors (Lipinski definition) is 1. The van der Waals surface area contributed by atoms with Gasteiger partial charge >= 0.3 is 0 Å². The van der Waals surface area contributed by atoms with Crippen LogP contribution in [0.5, 0.6) is 0 Å². The fraction of sp³-hybridized carbons (Fsp3) is 0.250. The molecule has 100 valence electrons. The van der Waals surface area contributed by atoms with Crippen LogP contribution in [0.1, 0.15) is 24.2 Å². The summed E-state index contributed by atoms with van der Waals surface area (Å²) in [7, 11) is 0. The van der Waals surface area contributed by atoms with Gasteiger partial charge in [-0.1, -0.05) is 49.4 Å². The molecule has 0 radical (unpaired) electrons. The topological polar surface area (TPSA) is 20.2 Å². The van der Waals surface area contributed by atoms with Crippen LogP contribution in [-0.4, -0.2) is 5.11 Å². The lowest BCUT2D eigenvalue weighted by atomic mass is 9.91. The lowest BCUT2D eigenvalue weighted by Crippen LogP contribution is -2.13. The molecule has 0 amide bonds. The van der Waals surface area contributed by atoms with Crippen LogP contribution < -0.4 is 0 Å². The van der Waals surface area contributed by atoms with Crippen LogP contribution in [0.15, 0.2) is 48.5 Å². The van der Waals surface area contributed by atoms with Crippen LogP contribution >= 0.6 is 0 Å². The molecule has 2 aromatic carbocycles. The molecule has 0 aliphatic heterocycles. The average Bonchev–Trinajstić information content (AvgIpc) is 2.44. The van der Waals surface area contributed by atoms with E-state index in [9.17, 15) is 13.9 Å². The van der Waals surface area contributed by atoms with Crippen molar-refractivity contribution in [3.63, 3.8) is 0 Å². The van der Waals surface area contributed by atoms with E-state index in [1.54, 1.807) is 6.07 Å². The molecule has 2 unspecified atom stereocenters. The normalized spacial score (nSPS) is 14.1. The van der Waals surface area contributed by atoms with Crippen LogP contribution in [-0.2, 0) is 6.42 Å². The molecule has 0 spiro atoms. The van der Waals surface area contributed by atoms with Gasteiger partial charge in [0.05, 0.1) is 6.10 Å². The Morgan fingerprint density at radius 3 is 2.37 bits per heavy atom. The highest BCUT2D eigenvalue weighted by Crippen LogP contribution is 2.26. The maximum absolute atomic E-state index is 13.6. The minimum Gasteiger partial charge on any atom is -0.388 e. The van der Waals surface area contributed by atoms with Gasteiger partial charge in [-0.25, -0.2) is 8.78 Å². The summed E-state index contributed by atoms with van der Waals surface area (Å²) in [6, 6.07) is 13.3. The first-order valence-electron chi connectivity index (χ1n) is 6.25. The van der Waals surface area contributed by atoms with E-state index < -0.39 is 17.7 Å². The van der Waals surface area contributed by atoms with Gasteiger partial charge in [0.1, 0.15) is 0 Å². The monoisotopic (exact) mass is 262 g/mol. The summed E-state index contributed by atoms with van der Waals surface area (Å²) >= 11 is 0. The summed E-state index contributed by atoms with van der Waals surface area (Å²) in [6.45, 7) is 1.82. The molecule has 0 saturated carbocycles. The minimum atomic E-state index is -0.848. The van der Waals surface area contributed by atoms with Gasteiger partial charge in [-0.2, -0.15) is 0 Å². The van der Waals surface area contributed by atoms with Crippen molar-refractivity contribution in [1.29, 1.82) is 0 Å².